The molecule has 8 nitrogen and oxygen atoms in total. The number of aryl methyl sites for hydroxylation is 2. The summed E-state index contributed by atoms with van der Waals surface area (Å²) in [5.41, 5.74) is 3.52. The van der Waals surface area contributed by atoms with Crippen LogP contribution in [0.3, 0.4) is 0 Å². The molecule has 2 N–H and O–H groups in total. The molecule has 30 heavy (non-hydrogen) atoms. The van der Waals surface area contributed by atoms with E-state index >= 15 is 0 Å². The highest BCUT2D eigenvalue weighted by Crippen LogP contribution is 2.33. The number of H-pyrrole nitrogens is 2. The number of imidazole rings is 1. The van der Waals surface area contributed by atoms with Crippen LogP contribution in [0.4, 0.5) is 5.69 Å². The van der Waals surface area contributed by atoms with Gasteiger partial charge in [0, 0.05) is 12.1 Å². The molecule has 1 atom stereocenters. The number of nitrogens with one attached hydrogen (secondary N) is 2. The van der Waals surface area contributed by atoms with Gasteiger partial charge in [-0.25, -0.2) is 4.98 Å². The van der Waals surface area contributed by atoms with Gasteiger partial charge in [-0.3, -0.25) is 24.4 Å². The Morgan fingerprint density at radius 3 is 2.47 bits per heavy atom. The molecule has 1 saturated heterocycles. The van der Waals surface area contributed by atoms with E-state index in [1.54, 1.807) is 19.1 Å². The Balaban J connectivity index is 1.55. The first-order chi connectivity index (χ1) is 14.4. The molecule has 0 radical (unpaired) electrons. The molecule has 150 valence electrons. The summed E-state index contributed by atoms with van der Waals surface area (Å²) in [4.78, 5) is 47.6. The van der Waals surface area contributed by atoms with E-state index in [4.69, 9.17) is 0 Å². The number of fused-ring (bicyclic) bond motifs is 1. The Hall–Kier alpha value is -3.94. The van der Waals surface area contributed by atoms with Gasteiger partial charge < -0.3 is 4.98 Å². The molecule has 0 saturated carbocycles. The fourth-order valence-electron chi connectivity index (χ4n) is 3.99. The molecule has 5 rings (SSSR count). The third-order valence-electron chi connectivity index (χ3n) is 5.49. The van der Waals surface area contributed by atoms with E-state index in [0.29, 0.717) is 22.9 Å². The summed E-state index contributed by atoms with van der Waals surface area (Å²) in [6, 6.07) is 14.6. The van der Waals surface area contributed by atoms with Crippen LogP contribution in [0.2, 0.25) is 0 Å². The van der Waals surface area contributed by atoms with E-state index in [-0.39, 0.29) is 23.8 Å². The van der Waals surface area contributed by atoms with E-state index in [1.807, 2.05) is 43.3 Å². The first kappa shape index (κ1) is 18.1. The number of benzene rings is 2. The Bertz CT molecular complexity index is 1330. The number of hydrogen-bond acceptors (Lipinski definition) is 4. The number of carbonyl (C=O) groups is 2. The largest absolute Gasteiger partial charge is 0.322 e. The average molecular weight is 401 g/mol. The summed E-state index contributed by atoms with van der Waals surface area (Å²) in [5, 5.41) is 2.99. The molecule has 0 aliphatic carbocycles. The number of hydrogen-bond donors (Lipinski definition) is 2. The second kappa shape index (κ2) is 6.55. The summed E-state index contributed by atoms with van der Waals surface area (Å²) in [5.74, 6) is -1.19. The number of amides is 2. The highest BCUT2D eigenvalue weighted by molar-refractivity contribution is 6.22. The molecule has 1 aliphatic rings. The van der Waals surface area contributed by atoms with Crippen molar-refractivity contribution in [1.29, 1.82) is 0 Å². The van der Waals surface area contributed by atoms with Crippen LogP contribution in [0.15, 0.2) is 53.3 Å². The Morgan fingerprint density at radius 1 is 1.00 bits per heavy atom. The minimum absolute atomic E-state index is 0.0409. The maximum atomic E-state index is 13.2. The first-order valence-corrected chi connectivity index (χ1v) is 9.64. The predicted molar refractivity (Wildman–Crippen MR) is 112 cm³/mol. The van der Waals surface area contributed by atoms with Crippen molar-refractivity contribution in [3.8, 4) is 5.95 Å². The SMILES string of the molecule is Cc1ccc(N2C(=O)CC(c3c(C)[nH]n(-c4nc5ccccc5[nH]4)c3=O)C2=O)cc1. The topological polar surface area (TPSA) is 104 Å². The fraction of sp³-hybridized carbons (Fsp3) is 0.182. The summed E-state index contributed by atoms with van der Waals surface area (Å²) in [7, 11) is 0. The smallest absolute Gasteiger partial charge is 0.278 e. The number of imide groups is 1. The zero-order valence-electron chi connectivity index (χ0n) is 16.5. The molecule has 2 aromatic heterocycles. The number of carbonyl (C=O) groups excluding carboxylic acids is 2. The minimum atomic E-state index is -0.826. The highest BCUT2D eigenvalue weighted by Gasteiger charge is 2.43. The van der Waals surface area contributed by atoms with Gasteiger partial charge in [-0.15, -0.1) is 0 Å². The molecule has 1 aliphatic heterocycles. The first-order valence-electron chi connectivity index (χ1n) is 9.64. The van der Waals surface area contributed by atoms with E-state index in [0.717, 1.165) is 16.6 Å². The lowest BCUT2D eigenvalue weighted by Crippen LogP contribution is -2.31. The van der Waals surface area contributed by atoms with Crippen LogP contribution in [-0.4, -0.2) is 31.6 Å². The highest BCUT2D eigenvalue weighted by atomic mass is 16.2. The molecule has 4 aromatic rings. The van der Waals surface area contributed by atoms with E-state index in [1.165, 1.54) is 9.58 Å². The fourth-order valence-corrected chi connectivity index (χ4v) is 3.99. The lowest BCUT2D eigenvalue weighted by Gasteiger charge is -2.15. The molecule has 8 heteroatoms. The Kier molecular flexibility index (Phi) is 3.95. The normalized spacial score (nSPS) is 16.7. The van der Waals surface area contributed by atoms with Gasteiger partial charge in [0.15, 0.2) is 0 Å². The van der Waals surface area contributed by atoms with E-state index < -0.39 is 5.92 Å². The molecule has 0 bridgehead atoms. The van der Waals surface area contributed by atoms with Gasteiger partial charge in [0.1, 0.15) is 0 Å². The Morgan fingerprint density at radius 2 is 1.73 bits per heavy atom. The standard InChI is InChI=1S/C22H19N5O3/c1-12-7-9-14(10-8-12)26-18(28)11-15(20(26)29)19-13(2)25-27(21(19)30)22-23-16-5-3-4-6-17(16)24-22/h3-10,15,25H,11H2,1-2H3,(H,23,24). The number of para-hydroxylation sites is 2. The number of aromatic amines is 2. The van der Waals surface area contributed by atoms with Crippen LogP contribution in [0.1, 0.15) is 29.2 Å². The number of anilines is 1. The molecule has 2 aromatic carbocycles. The van der Waals surface area contributed by atoms with Crippen LogP contribution >= 0.6 is 0 Å². The molecule has 0 spiro atoms. The maximum absolute atomic E-state index is 13.2. The monoisotopic (exact) mass is 401 g/mol. The van der Waals surface area contributed by atoms with Gasteiger partial charge in [-0.2, -0.15) is 4.68 Å². The van der Waals surface area contributed by atoms with Crippen LogP contribution in [0.25, 0.3) is 17.0 Å². The van der Waals surface area contributed by atoms with Gasteiger partial charge >= 0.3 is 0 Å². The van der Waals surface area contributed by atoms with Gasteiger partial charge in [0.25, 0.3) is 5.56 Å². The van der Waals surface area contributed by atoms with Gasteiger partial charge in [-0.1, -0.05) is 29.8 Å². The van der Waals surface area contributed by atoms with Gasteiger partial charge in [0.2, 0.25) is 17.8 Å². The third kappa shape index (κ3) is 2.68. The second-order valence-electron chi connectivity index (χ2n) is 7.53. The summed E-state index contributed by atoms with van der Waals surface area (Å²) >= 11 is 0. The van der Waals surface area contributed by atoms with Crippen molar-refractivity contribution in [3.63, 3.8) is 0 Å². The third-order valence-corrected chi connectivity index (χ3v) is 5.49. The second-order valence-corrected chi connectivity index (χ2v) is 7.53. The zero-order valence-corrected chi connectivity index (χ0v) is 16.5. The zero-order chi connectivity index (χ0) is 21.0. The van der Waals surface area contributed by atoms with Crippen molar-refractivity contribution in [1.82, 2.24) is 19.7 Å². The molecule has 1 unspecified atom stereocenters. The van der Waals surface area contributed by atoms with E-state index in [9.17, 15) is 14.4 Å². The lowest BCUT2D eigenvalue weighted by atomic mass is 9.98. The molecule has 2 amide bonds. The van der Waals surface area contributed by atoms with Crippen molar-refractivity contribution in [2.24, 2.45) is 0 Å². The van der Waals surface area contributed by atoms with Crippen molar-refractivity contribution in [2.45, 2.75) is 26.2 Å². The molecular formula is C22H19N5O3. The van der Waals surface area contributed by atoms with Crippen molar-refractivity contribution in [2.75, 3.05) is 4.90 Å². The average Bonchev–Trinajstić information content (AvgIpc) is 3.36. The maximum Gasteiger partial charge on any atom is 0.278 e. The van der Waals surface area contributed by atoms with Crippen LogP contribution < -0.4 is 10.5 Å². The van der Waals surface area contributed by atoms with Crippen molar-refractivity contribution >= 4 is 28.5 Å². The van der Waals surface area contributed by atoms with Crippen LogP contribution in [0.5, 0.6) is 0 Å². The number of rotatable bonds is 3. The molecular weight excluding hydrogens is 382 g/mol. The quantitative estimate of drug-likeness (QED) is 0.515. The van der Waals surface area contributed by atoms with Gasteiger partial charge in [0.05, 0.1) is 28.2 Å². The molecule has 3 heterocycles. The number of aromatic nitrogens is 4. The predicted octanol–water partition coefficient (Wildman–Crippen LogP) is 2.71. The Labute approximate surface area is 171 Å². The van der Waals surface area contributed by atoms with Crippen LogP contribution in [-0.2, 0) is 9.59 Å². The van der Waals surface area contributed by atoms with Gasteiger partial charge in [-0.05, 0) is 38.1 Å². The van der Waals surface area contributed by atoms with Crippen molar-refractivity contribution < 1.29 is 9.59 Å². The summed E-state index contributed by atoms with van der Waals surface area (Å²) < 4.78 is 1.29. The summed E-state index contributed by atoms with van der Waals surface area (Å²) in [6.45, 7) is 3.66. The lowest BCUT2D eigenvalue weighted by molar-refractivity contribution is -0.121. The van der Waals surface area contributed by atoms with E-state index in [2.05, 4.69) is 15.1 Å². The number of nitrogens with zero attached hydrogens (tertiary/aromatic N) is 3. The summed E-state index contributed by atoms with van der Waals surface area (Å²) in [6.07, 6.45) is -0.0409. The minimum Gasteiger partial charge on any atom is -0.322 e. The van der Waals surface area contributed by atoms with Crippen molar-refractivity contribution in [3.05, 3.63) is 75.7 Å². The molecule has 1 fully saturated rings. The van der Waals surface area contributed by atoms with Crippen LogP contribution in [0, 0.1) is 13.8 Å².